The second kappa shape index (κ2) is 4.63. The van der Waals surface area contributed by atoms with Gasteiger partial charge in [-0.2, -0.15) is 0 Å². The highest BCUT2D eigenvalue weighted by Crippen LogP contribution is 2.31. The van der Waals surface area contributed by atoms with Gasteiger partial charge in [-0.05, 0) is 26.3 Å². The summed E-state index contributed by atoms with van der Waals surface area (Å²) in [5, 5.41) is 5.28. The van der Waals surface area contributed by atoms with Crippen LogP contribution in [0.25, 0.3) is 4.96 Å². The number of nitrogens with zero attached hydrogens (tertiary/aromatic N) is 2. The van der Waals surface area contributed by atoms with E-state index >= 15 is 0 Å². The van der Waals surface area contributed by atoms with Crippen LogP contribution in [-0.2, 0) is 6.42 Å². The van der Waals surface area contributed by atoms with Gasteiger partial charge in [0.05, 0.1) is 5.69 Å². The molecule has 3 nitrogen and oxygen atoms in total. The van der Waals surface area contributed by atoms with E-state index in [0.717, 1.165) is 36.6 Å². The Morgan fingerprint density at radius 2 is 2.56 bits per heavy atom. The van der Waals surface area contributed by atoms with Crippen molar-refractivity contribution in [3.8, 4) is 0 Å². The molecule has 2 unspecified atom stereocenters. The summed E-state index contributed by atoms with van der Waals surface area (Å²) in [6.07, 6.45) is 6.37. The molecule has 0 saturated carbocycles. The molecule has 3 rings (SSSR count). The van der Waals surface area contributed by atoms with Gasteiger partial charge < -0.3 is 5.32 Å². The van der Waals surface area contributed by atoms with Gasteiger partial charge in [0.15, 0.2) is 4.96 Å². The summed E-state index contributed by atoms with van der Waals surface area (Å²) >= 11 is 1.59. The largest absolute Gasteiger partial charge is 0.316 e. The van der Waals surface area contributed by atoms with Crippen LogP contribution in [0, 0.1) is 5.92 Å². The smallest absolute Gasteiger partial charge is 0.193 e. The molecule has 98 valence electrons. The van der Waals surface area contributed by atoms with Crippen molar-refractivity contribution in [1.29, 1.82) is 0 Å². The van der Waals surface area contributed by atoms with Crippen LogP contribution >= 0.6 is 11.3 Å². The Balaban J connectivity index is 1.75. The molecule has 0 aromatic carbocycles. The number of thiazole rings is 1. The highest BCUT2D eigenvalue weighted by Gasteiger charge is 2.35. The van der Waals surface area contributed by atoms with Gasteiger partial charge in [0.25, 0.3) is 0 Å². The predicted octanol–water partition coefficient (Wildman–Crippen LogP) is 2.67. The number of halogens is 1. The van der Waals surface area contributed by atoms with Crippen molar-refractivity contribution in [2.45, 2.75) is 31.9 Å². The molecule has 18 heavy (non-hydrogen) atoms. The fourth-order valence-corrected chi connectivity index (χ4v) is 3.44. The minimum Gasteiger partial charge on any atom is -0.316 e. The molecule has 1 aliphatic heterocycles. The summed E-state index contributed by atoms with van der Waals surface area (Å²) in [6.45, 7) is 3.53. The predicted molar refractivity (Wildman–Crippen MR) is 71.9 cm³/mol. The Bertz CT molecular complexity index is 497. The Morgan fingerprint density at radius 3 is 3.28 bits per heavy atom. The number of fused-ring (bicyclic) bond motifs is 1. The first-order valence-corrected chi connectivity index (χ1v) is 7.34. The van der Waals surface area contributed by atoms with Crippen LogP contribution in [0.3, 0.4) is 0 Å². The average Bonchev–Trinajstić information content (AvgIpc) is 2.90. The number of piperidine rings is 1. The Kier molecular flexibility index (Phi) is 3.11. The molecule has 0 amide bonds. The van der Waals surface area contributed by atoms with Gasteiger partial charge in [0.2, 0.25) is 0 Å². The zero-order chi connectivity index (χ0) is 12.6. The van der Waals surface area contributed by atoms with Crippen LogP contribution in [0.5, 0.6) is 0 Å². The zero-order valence-corrected chi connectivity index (χ0v) is 11.3. The lowest BCUT2D eigenvalue weighted by Crippen LogP contribution is -2.42. The number of alkyl halides is 1. The van der Waals surface area contributed by atoms with Crippen molar-refractivity contribution in [1.82, 2.24) is 14.7 Å². The van der Waals surface area contributed by atoms with Gasteiger partial charge in [-0.1, -0.05) is 0 Å². The molecule has 0 bridgehead atoms. The maximum absolute atomic E-state index is 14.8. The summed E-state index contributed by atoms with van der Waals surface area (Å²) in [5.41, 5.74) is -0.310. The third kappa shape index (κ3) is 2.29. The number of hydrogen-bond donors (Lipinski definition) is 1. The fourth-order valence-electron chi connectivity index (χ4n) is 2.73. The molecule has 1 saturated heterocycles. The summed E-state index contributed by atoms with van der Waals surface area (Å²) in [6, 6.07) is 0. The molecule has 2 atom stereocenters. The van der Waals surface area contributed by atoms with E-state index in [2.05, 4.69) is 10.3 Å². The van der Waals surface area contributed by atoms with Crippen LogP contribution < -0.4 is 5.32 Å². The van der Waals surface area contributed by atoms with Gasteiger partial charge in [-0.3, -0.25) is 4.40 Å². The molecule has 1 aliphatic rings. The third-order valence-corrected chi connectivity index (χ3v) is 4.59. The molecule has 2 aromatic rings. The Labute approximate surface area is 110 Å². The van der Waals surface area contributed by atoms with Crippen LogP contribution in [0.4, 0.5) is 4.39 Å². The molecular weight excluding hydrogens is 249 g/mol. The van der Waals surface area contributed by atoms with Crippen molar-refractivity contribution < 1.29 is 4.39 Å². The Hall–Kier alpha value is -0.940. The molecule has 1 N–H and O–H groups in total. The summed E-state index contributed by atoms with van der Waals surface area (Å²) in [5.74, 6) is 0.103. The molecule has 0 aliphatic carbocycles. The first-order valence-electron chi connectivity index (χ1n) is 6.46. The number of hydrogen-bond acceptors (Lipinski definition) is 3. The summed E-state index contributed by atoms with van der Waals surface area (Å²) < 4.78 is 16.8. The van der Waals surface area contributed by atoms with E-state index < -0.39 is 5.67 Å². The highest BCUT2D eigenvalue weighted by molar-refractivity contribution is 7.15. The van der Waals surface area contributed by atoms with Crippen molar-refractivity contribution in [3.63, 3.8) is 0 Å². The first-order chi connectivity index (χ1) is 8.65. The van der Waals surface area contributed by atoms with E-state index in [-0.39, 0.29) is 5.92 Å². The molecular formula is C13H18FN3S. The third-order valence-electron chi connectivity index (χ3n) is 3.82. The minimum absolute atomic E-state index is 0.103. The zero-order valence-electron chi connectivity index (χ0n) is 10.5. The van der Waals surface area contributed by atoms with E-state index in [0.29, 0.717) is 6.42 Å². The number of rotatable bonds is 3. The maximum Gasteiger partial charge on any atom is 0.193 e. The lowest BCUT2D eigenvalue weighted by molar-refractivity contribution is 0.0825. The van der Waals surface area contributed by atoms with E-state index in [9.17, 15) is 4.39 Å². The topological polar surface area (TPSA) is 29.3 Å². The van der Waals surface area contributed by atoms with Crippen molar-refractivity contribution in [2.75, 3.05) is 13.1 Å². The van der Waals surface area contributed by atoms with Gasteiger partial charge in [-0.15, -0.1) is 11.3 Å². The van der Waals surface area contributed by atoms with Crippen LogP contribution in [0.2, 0.25) is 0 Å². The number of imidazole rings is 1. The molecule has 2 aromatic heterocycles. The Morgan fingerprint density at radius 1 is 1.67 bits per heavy atom. The van der Waals surface area contributed by atoms with E-state index in [1.165, 1.54) is 0 Å². The lowest BCUT2D eigenvalue weighted by Gasteiger charge is -2.33. The number of nitrogens with one attached hydrogen (secondary N) is 1. The van der Waals surface area contributed by atoms with Gasteiger partial charge in [0.1, 0.15) is 5.67 Å². The number of aromatic nitrogens is 2. The monoisotopic (exact) mass is 267 g/mol. The fraction of sp³-hybridized carbons (Fsp3) is 0.615. The van der Waals surface area contributed by atoms with Crippen molar-refractivity contribution in [2.24, 2.45) is 5.92 Å². The quantitative estimate of drug-likeness (QED) is 0.926. The van der Waals surface area contributed by atoms with E-state index in [1.807, 2.05) is 22.2 Å². The van der Waals surface area contributed by atoms with E-state index in [1.54, 1.807) is 18.3 Å². The second-order valence-corrected chi connectivity index (χ2v) is 6.20. The normalized spacial score (nSPS) is 24.2. The van der Waals surface area contributed by atoms with Crippen molar-refractivity contribution in [3.05, 3.63) is 23.5 Å². The van der Waals surface area contributed by atoms with Crippen LogP contribution in [0.1, 0.15) is 25.5 Å². The second-order valence-electron chi connectivity index (χ2n) is 5.32. The molecule has 1 fully saturated rings. The van der Waals surface area contributed by atoms with Crippen LogP contribution in [-0.4, -0.2) is 28.1 Å². The van der Waals surface area contributed by atoms with Gasteiger partial charge >= 0.3 is 0 Å². The lowest BCUT2D eigenvalue weighted by atomic mass is 9.82. The molecule has 3 heterocycles. The molecule has 0 spiro atoms. The summed E-state index contributed by atoms with van der Waals surface area (Å²) in [7, 11) is 0. The minimum atomic E-state index is -1.17. The van der Waals surface area contributed by atoms with Gasteiger partial charge in [0, 0.05) is 36.7 Å². The average molecular weight is 267 g/mol. The van der Waals surface area contributed by atoms with Crippen molar-refractivity contribution >= 4 is 16.3 Å². The molecule has 5 heteroatoms. The van der Waals surface area contributed by atoms with E-state index in [4.69, 9.17) is 0 Å². The SMILES string of the molecule is CC(F)(Cc1cn2ccsc2n1)C1CCCNC1. The summed E-state index contributed by atoms with van der Waals surface area (Å²) in [4.78, 5) is 5.42. The maximum atomic E-state index is 14.8. The molecule has 0 radical (unpaired) electrons. The first kappa shape index (κ1) is 12.1. The standard InChI is InChI=1S/C13H18FN3S/c1-13(14,10-3-2-4-15-8-10)7-11-9-17-5-6-18-12(17)16-11/h5-6,9-10,15H,2-4,7-8H2,1H3. The van der Waals surface area contributed by atoms with Gasteiger partial charge in [-0.25, -0.2) is 9.37 Å². The van der Waals surface area contributed by atoms with Crippen LogP contribution in [0.15, 0.2) is 17.8 Å². The highest BCUT2D eigenvalue weighted by atomic mass is 32.1.